The maximum atomic E-state index is 8.99. The van der Waals surface area contributed by atoms with E-state index in [1.165, 1.54) is 7.11 Å². The molecule has 0 heterocycles. The molecule has 2 rings (SSSR count). The summed E-state index contributed by atoms with van der Waals surface area (Å²) in [6, 6.07) is 13.5. The molecule has 0 radical (unpaired) electrons. The molecule has 0 aliphatic carbocycles. The SMILES string of the molecule is COc1ccccc1O.Nc1ccccc1O. The third-order valence-corrected chi connectivity index (χ3v) is 2.02. The molecule has 0 bridgehead atoms. The maximum absolute atomic E-state index is 8.99. The smallest absolute Gasteiger partial charge is 0.160 e. The van der Waals surface area contributed by atoms with Crippen LogP contribution in [-0.4, -0.2) is 17.3 Å². The van der Waals surface area contributed by atoms with Crippen LogP contribution in [0.5, 0.6) is 17.2 Å². The highest BCUT2D eigenvalue weighted by Crippen LogP contribution is 2.23. The van der Waals surface area contributed by atoms with Gasteiger partial charge in [-0.05, 0) is 24.3 Å². The molecule has 0 aliphatic heterocycles. The van der Waals surface area contributed by atoms with Crippen molar-refractivity contribution < 1.29 is 14.9 Å². The summed E-state index contributed by atoms with van der Waals surface area (Å²) >= 11 is 0. The lowest BCUT2D eigenvalue weighted by molar-refractivity contribution is 0.373. The van der Waals surface area contributed by atoms with E-state index < -0.39 is 0 Å². The van der Waals surface area contributed by atoms with Gasteiger partial charge in [-0.15, -0.1) is 0 Å². The predicted octanol–water partition coefficient (Wildman–Crippen LogP) is 2.38. The summed E-state index contributed by atoms with van der Waals surface area (Å²) in [7, 11) is 1.52. The van der Waals surface area contributed by atoms with Gasteiger partial charge in [-0.2, -0.15) is 0 Å². The van der Waals surface area contributed by atoms with E-state index in [0.717, 1.165) is 0 Å². The Labute approximate surface area is 99.9 Å². The molecule has 2 aromatic carbocycles. The Morgan fingerprint density at radius 2 is 1.41 bits per heavy atom. The Balaban J connectivity index is 0.000000171. The Kier molecular flexibility index (Phi) is 4.69. The van der Waals surface area contributed by atoms with Crippen LogP contribution in [0.25, 0.3) is 0 Å². The Hall–Kier alpha value is -2.36. The Bertz CT molecular complexity index is 451. The third-order valence-electron chi connectivity index (χ3n) is 2.02. The van der Waals surface area contributed by atoms with Crippen LogP contribution in [0.1, 0.15) is 0 Å². The van der Waals surface area contributed by atoms with Crippen molar-refractivity contribution in [1.29, 1.82) is 0 Å². The van der Waals surface area contributed by atoms with E-state index in [9.17, 15) is 0 Å². The summed E-state index contributed by atoms with van der Waals surface area (Å²) in [5.74, 6) is 0.838. The van der Waals surface area contributed by atoms with Crippen molar-refractivity contribution >= 4 is 5.69 Å². The number of ether oxygens (including phenoxy) is 1. The van der Waals surface area contributed by atoms with Crippen molar-refractivity contribution in [3.63, 3.8) is 0 Å². The van der Waals surface area contributed by atoms with Gasteiger partial charge in [-0.25, -0.2) is 0 Å². The predicted molar refractivity (Wildman–Crippen MR) is 67.2 cm³/mol. The first-order valence-corrected chi connectivity index (χ1v) is 5.00. The number of phenolic OH excluding ortho intramolecular Hbond substituents is 2. The summed E-state index contributed by atoms with van der Waals surface area (Å²) in [4.78, 5) is 0. The van der Waals surface area contributed by atoms with Crippen molar-refractivity contribution in [3.05, 3.63) is 48.5 Å². The fourth-order valence-electron chi connectivity index (χ4n) is 1.12. The number of nitrogen functional groups attached to an aromatic ring is 1. The molecule has 0 spiro atoms. The van der Waals surface area contributed by atoms with Gasteiger partial charge in [0.05, 0.1) is 12.8 Å². The molecule has 0 fully saturated rings. The lowest BCUT2D eigenvalue weighted by atomic mass is 10.3. The van der Waals surface area contributed by atoms with Crippen molar-refractivity contribution in [2.45, 2.75) is 0 Å². The highest BCUT2D eigenvalue weighted by atomic mass is 16.5. The third kappa shape index (κ3) is 3.95. The van der Waals surface area contributed by atoms with Gasteiger partial charge in [-0.1, -0.05) is 24.3 Å². The molecule has 0 unspecified atom stereocenters. The van der Waals surface area contributed by atoms with Crippen LogP contribution in [0, 0.1) is 0 Å². The molecule has 0 saturated carbocycles. The molecule has 0 amide bonds. The second-order valence-corrected chi connectivity index (χ2v) is 3.23. The lowest BCUT2D eigenvalue weighted by Gasteiger charge is -1.99. The average molecular weight is 233 g/mol. The minimum absolute atomic E-state index is 0.146. The molecular weight excluding hydrogens is 218 g/mol. The number of anilines is 1. The van der Waals surface area contributed by atoms with Crippen LogP contribution in [0.2, 0.25) is 0 Å². The second-order valence-electron chi connectivity index (χ2n) is 3.23. The number of hydrogen-bond acceptors (Lipinski definition) is 4. The minimum Gasteiger partial charge on any atom is -0.506 e. The number of benzene rings is 2. The zero-order valence-corrected chi connectivity index (χ0v) is 9.50. The Morgan fingerprint density at radius 1 is 0.882 bits per heavy atom. The van der Waals surface area contributed by atoms with Crippen molar-refractivity contribution in [3.8, 4) is 17.2 Å². The zero-order valence-electron chi connectivity index (χ0n) is 9.50. The number of methoxy groups -OCH3 is 1. The number of rotatable bonds is 1. The molecule has 2 aromatic rings. The van der Waals surface area contributed by atoms with Crippen LogP contribution >= 0.6 is 0 Å². The van der Waals surface area contributed by atoms with Gasteiger partial charge in [0.25, 0.3) is 0 Å². The minimum atomic E-state index is 0.146. The first kappa shape index (κ1) is 12.7. The fraction of sp³-hybridized carbons (Fsp3) is 0.0769. The van der Waals surface area contributed by atoms with Gasteiger partial charge < -0.3 is 20.7 Å². The number of aromatic hydroxyl groups is 2. The highest BCUT2D eigenvalue weighted by Gasteiger charge is 1.94. The fourth-order valence-corrected chi connectivity index (χ4v) is 1.12. The number of phenols is 2. The number of nitrogens with two attached hydrogens (primary N) is 1. The van der Waals surface area contributed by atoms with Gasteiger partial charge in [0.2, 0.25) is 0 Å². The second kappa shape index (κ2) is 6.27. The summed E-state index contributed by atoms with van der Waals surface area (Å²) in [5.41, 5.74) is 5.69. The zero-order chi connectivity index (χ0) is 12.7. The van der Waals surface area contributed by atoms with E-state index in [1.54, 1.807) is 48.5 Å². The summed E-state index contributed by atoms with van der Waals surface area (Å²) < 4.78 is 4.79. The van der Waals surface area contributed by atoms with E-state index >= 15 is 0 Å². The number of para-hydroxylation sites is 4. The van der Waals surface area contributed by atoms with Crippen LogP contribution in [0.3, 0.4) is 0 Å². The van der Waals surface area contributed by atoms with E-state index in [-0.39, 0.29) is 11.5 Å². The average Bonchev–Trinajstić information content (AvgIpc) is 2.34. The van der Waals surface area contributed by atoms with Crippen molar-refractivity contribution in [1.82, 2.24) is 0 Å². The van der Waals surface area contributed by atoms with E-state index in [4.69, 9.17) is 20.7 Å². The normalized spacial score (nSPS) is 9.00. The topological polar surface area (TPSA) is 75.7 Å². The number of hydrogen-bond donors (Lipinski definition) is 3. The molecule has 0 atom stereocenters. The van der Waals surface area contributed by atoms with Gasteiger partial charge in [-0.3, -0.25) is 0 Å². The van der Waals surface area contributed by atoms with E-state index in [2.05, 4.69) is 0 Å². The summed E-state index contributed by atoms with van der Waals surface area (Å²) in [6.07, 6.45) is 0. The van der Waals surface area contributed by atoms with Gasteiger partial charge in [0.15, 0.2) is 11.5 Å². The van der Waals surface area contributed by atoms with Crippen molar-refractivity contribution in [2.75, 3.05) is 12.8 Å². The van der Waals surface area contributed by atoms with Gasteiger partial charge in [0.1, 0.15) is 5.75 Å². The van der Waals surface area contributed by atoms with Crippen LogP contribution < -0.4 is 10.5 Å². The first-order valence-electron chi connectivity index (χ1n) is 5.00. The van der Waals surface area contributed by atoms with Crippen LogP contribution in [0.15, 0.2) is 48.5 Å². The monoisotopic (exact) mass is 233 g/mol. The standard InChI is InChI=1S/C7H8O2.C6H7NO/c1-9-7-5-3-2-4-6(7)8;7-5-3-1-2-4-6(5)8/h2-5,8H,1H3;1-4,8H,7H2. The first-order chi connectivity index (χ1) is 8.15. The van der Waals surface area contributed by atoms with Crippen molar-refractivity contribution in [2.24, 2.45) is 0 Å². The van der Waals surface area contributed by atoms with E-state index in [0.29, 0.717) is 11.4 Å². The maximum Gasteiger partial charge on any atom is 0.160 e. The lowest BCUT2D eigenvalue weighted by Crippen LogP contribution is -1.82. The molecule has 4 nitrogen and oxygen atoms in total. The van der Waals surface area contributed by atoms with Gasteiger partial charge in [0, 0.05) is 0 Å². The summed E-state index contributed by atoms with van der Waals surface area (Å²) in [5, 5.41) is 17.8. The molecule has 17 heavy (non-hydrogen) atoms. The molecule has 0 saturated heterocycles. The molecule has 0 aliphatic rings. The van der Waals surface area contributed by atoms with E-state index in [1.807, 2.05) is 0 Å². The van der Waals surface area contributed by atoms with Crippen LogP contribution in [0.4, 0.5) is 5.69 Å². The molecule has 4 N–H and O–H groups in total. The molecular formula is C13H15NO3. The molecule has 90 valence electrons. The summed E-state index contributed by atoms with van der Waals surface area (Å²) in [6.45, 7) is 0. The highest BCUT2D eigenvalue weighted by molar-refractivity contribution is 5.50. The van der Waals surface area contributed by atoms with Crippen LogP contribution in [-0.2, 0) is 0 Å². The molecule has 4 heteroatoms. The largest absolute Gasteiger partial charge is 0.506 e. The van der Waals surface area contributed by atoms with Gasteiger partial charge >= 0.3 is 0 Å². The Morgan fingerprint density at radius 3 is 1.76 bits per heavy atom. The molecule has 0 aromatic heterocycles. The quantitative estimate of drug-likeness (QED) is 0.522.